The number of hydrogen-bond acceptors (Lipinski definition) is 4. The maximum atomic E-state index is 12.1. The maximum Gasteiger partial charge on any atom is 0.338 e. The second kappa shape index (κ2) is 6.45. The minimum Gasteiger partial charge on any atom is -0.457 e. The molecule has 6 heteroatoms. The molecule has 24 heavy (non-hydrogen) atoms. The Morgan fingerprint density at radius 3 is 2.50 bits per heavy atom. The number of rotatable bonds is 4. The van der Waals surface area contributed by atoms with Crippen LogP contribution in [0.2, 0.25) is 0 Å². The normalized spacial score (nSPS) is 10.5. The molecule has 3 aromatic rings. The van der Waals surface area contributed by atoms with E-state index >= 15 is 0 Å². The molecule has 3 rings (SSSR count). The van der Waals surface area contributed by atoms with E-state index in [4.69, 9.17) is 14.9 Å². The molecule has 1 heterocycles. The van der Waals surface area contributed by atoms with Gasteiger partial charge in [0.2, 0.25) is 0 Å². The molecule has 0 aliphatic carbocycles. The zero-order chi connectivity index (χ0) is 17.1. The van der Waals surface area contributed by atoms with Gasteiger partial charge in [-0.1, -0.05) is 18.2 Å². The first-order valence-electron chi connectivity index (χ1n) is 7.35. The van der Waals surface area contributed by atoms with Crippen LogP contribution in [0.4, 0.5) is 10.5 Å². The fourth-order valence-electron chi connectivity index (χ4n) is 2.41. The SMILES string of the molecule is Cc1c(COC(=O)c2ccc(NC(N)=O)cc2)oc2ccccc12. The number of furan rings is 1. The molecule has 0 unspecified atom stereocenters. The highest BCUT2D eigenvalue weighted by Gasteiger charge is 2.13. The predicted octanol–water partition coefficient (Wildman–Crippen LogP) is 3.59. The van der Waals surface area contributed by atoms with Crippen molar-refractivity contribution in [2.24, 2.45) is 5.73 Å². The number of urea groups is 1. The molecule has 6 nitrogen and oxygen atoms in total. The number of primary amides is 1. The zero-order valence-electron chi connectivity index (χ0n) is 13.0. The lowest BCUT2D eigenvalue weighted by atomic mass is 10.1. The number of anilines is 1. The van der Waals surface area contributed by atoms with Gasteiger partial charge in [-0.3, -0.25) is 0 Å². The van der Waals surface area contributed by atoms with Crippen molar-refractivity contribution in [2.45, 2.75) is 13.5 Å². The number of fused-ring (bicyclic) bond motifs is 1. The number of nitrogens with two attached hydrogens (primary N) is 1. The van der Waals surface area contributed by atoms with Gasteiger partial charge in [0.15, 0.2) is 0 Å². The highest BCUT2D eigenvalue weighted by molar-refractivity contribution is 5.92. The second-order valence-electron chi connectivity index (χ2n) is 5.29. The number of carbonyl (C=O) groups excluding carboxylic acids is 2. The third-order valence-corrected chi connectivity index (χ3v) is 3.66. The molecule has 2 amide bonds. The quantitative estimate of drug-likeness (QED) is 0.717. The predicted molar refractivity (Wildman–Crippen MR) is 89.7 cm³/mol. The number of amides is 2. The lowest BCUT2D eigenvalue weighted by Crippen LogP contribution is -2.19. The summed E-state index contributed by atoms with van der Waals surface area (Å²) >= 11 is 0. The van der Waals surface area contributed by atoms with E-state index in [9.17, 15) is 9.59 Å². The number of hydrogen-bond donors (Lipinski definition) is 2. The van der Waals surface area contributed by atoms with Gasteiger partial charge in [0.1, 0.15) is 18.0 Å². The van der Waals surface area contributed by atoms with E-state index < -0.39 is 12.0 Å². The molecule has 0 fully saturated rings. The van der Waals surface area contributed by atoms with E-state index in [0.717, 1.165) is 16.5 Å². The first-order valence-corrected chi connectivity index (χ1v) is 7.35. The number of ether oxygens (including phenoxy) is 1. The van der Waals surface area contributed by atoms with Crippen molar-refractivity contribution in [1.82, 2.24) is 0 Å². The van der Waals surface area contributed by atoms with Crippen molar-refractivity contribution < 1.29 is 18.7 Å². The van der Waals surface area contributed by atoms with E-state index in [0.29, 0.717) is 17.0 Å². The van der Waals surface area contributed by atoms with Gasteiger partial charge in [-0.2, -0.15) is 0 Å². The molecule has 0 saturated carbocycles. The van der Waals surface area contributed by atoms with E-state index in [1.165, 1.54) is 0 Å². The Bertz CT molecular complexity index is 897. The fraction of sp³-hybridized carbons (Fsp3) is 0.111. The minimum atomic E-state index is -0.661. The summed E-state index contributed by atoms with van der Waals surface area (Å²) < 4.78 is 11.0. The monoisotopic (exact) mass is 324 g/mol. The van der Waals surface area contributed by atoms with Crippen LogP contribution in [0.3, 0.4) is 0 Å². The van der Waals surface area contributed by atoms with Crippen molar-refractivity contribution >= 4 is 28.7 Å². The first-order chi connectivity index (χ1) is 11.5. The summed E-state index contributed by atoms with van der Waals surface area (Å²) in [4.78, 5) is 22.9. The van der Waals surface area contributed by atoms with Crippen molar-refractivity contribution in [2.75, 3.05) is 5.32 Å². The lowest BCUT2D eigenvalue weighted by Gasteiger charge is -2.05. The highest BCUT2D eigenvalue weighted by atomic mass is 16.5. The average Bonchev–Trinajstić information content (AvgIpc) is 2.89. The molecule has 0 atom stereocenters. The summed E-state index contributed by atoms with van der Waals surface area (Å²) in [6.07, 6.45) is 0. The topological polar surface area (TPSA) is 94.6 Å². The number of nitrogens with one attached hydrogen (secondary N) is 1. The fourth-order valence-corrected chi connectivity index (χ4v) is 2.41. The number of benzene rings is 2. The van der Waals surface area contributed by atoms with Crippen molar-refractivity contribution in [3.8, 4) is 0 Å². The van der Waals surface area contributed by atoms with Crippen LogP contribution in [0.5, 0.6) is 0 Å². The summed E-state index contributed by atoms with van der Waals surface area (Å²) in [5, 5.41) is 3.43. The summed E-state index contributed by atoms with van der Waals surface area (Å²) in [5.41, 5.74) is 7.63. The molecule has 0 radical (unpaired) electrons. The van der Waals surface area contributed by atoms with Crippen LogP contribution < -0.4 is 11.1 Å². The Morgan fingerprint density at radius 1 is 1.12 bits per heavy atom. The van der Waals surface area contributed by atoms with Gasteiger partial charge in [0.25, 0.3) is 0 Å². The summed E-state index contributed by atoms with van der Waals surface area (Å²) in [6, 6.07) is 13.3. The Kier molecular flexibility index (Phi) is 4.20. The first kappa shape index (κ1) is 15.6. The van der Waals surface area contributed by atoms with Crippen LogP contribution in [0, 0.1) is 6.92 Å². The lowest BCUT2D eigenvalue weighted by molar-refractivity contribution is 0.0446. The summed E-state index contributed by atoms with van der Waals surface area (Å²) in [5.74, 6) is 0.150. The largest absolute Gasteiger partial charge is 0.457 e. The second-order valence-corrected chi connectivity index (χ2v) is 5.29. The van der Waals surface area contributed by atoms with Gasteiger partial charge >= 0.3 is 12.0 Å². The molecule has 3 N–H and O–H groups in total. The van der Waals surface area contributed by atoms with Gasteiger partial charge in [-0.25, -0.2) is 9.59 Å². The molecular formula is C18H16N2O4. The molecule has 122 valence electrons. The zero-order valence-corrected chi connectivity index (χ0v) is 13.0. The van der Waals surface area contributed by atoms with Gasteiger partial charge < -0.3 is 20.2 Å². The van der Waals surface area contributed by atoms with Crippen LogP contribution in [0.15, 0.2) is 52.9 Å². The third kappa shape index (κ3) is 3.22. The molecule has 2 aromatic carbocycles. The Labute approximate surface area is 138 Å². The number of para-hydroxylation sites is 1. The van der Waals surface area contributed by atoms with Gasteiger partial charge in [-0.15, -0.1) is 0 Å². The Hall–Kier alpha value is -3.28. The van der Waals surface area contributed by atoms with E-state index in [1.54, 1.807) is 24.3 Å². The summed E-state index contributed by atoms with van der Waals surface area (Å²) in [6.45, 7) is 1.99. The van der Waals surface area contributed by atoms with Crippen molar-refractivity contribution in [1.29, 1.82) is 0 Å². The Morgan fingerprint density at radius 2 is 1.83 bits per heavy atom. The molecule has 0 aliphatic heterocycles. The molecule has 0 saturated heterocycles. The molecule has 0 aliphatic rings. The van der Waals surface area contributed by atoms with Gasteiger partial charge in [-0.05, 0) is 37.3 Å². The smallest absolute Gasteiger partial charge is 0.338 e. The van der Waals surface area contributed by atoms with Crippen molar-refractivity contribution in [3.05, 3.63) is 65.4 Å². The van der Waals surface area contributed by atoms with Crippen LogP contribution in [-0.2, 0) is 11.3 Å². The molecule has 1 aromatic heterocycles. The Balaban J connectivity index is 1.68. The number of esters is 1. The average molecular weight is 324 g/mol. The van der Waals surface area contributed by atoms with Gasteiger partial charge in [0.05, 0.1) is 5.56 Å². The molecular weight excluding hydrogens is 308 g/mol. The van der Waals surface area contributed by atoms with E-state index in [-0.39, 0.29) is 6.61 Å². The highest BCUT2D eigenvalue weighted by Crippen LogP contribution is 2.25. The number of aryl methyl sites for hydroxylation is 1. The van der Waals surface area contributed by atoms with Crippen LogP contribution >= 0.6 is 0 Å². The van der Waals surface area contributed by atoms with E-state index in [2.05, 4.69) is 5.32 Å². The minimum absolute atomic E-state index is 0.0562. The molecule has 0 spiro atoms. The van der Waals surface area contributed by atoms with Crippen molar-refractivity contribution in [3.63, 3.8) is 0 Å². The van der Waals surface area contributed by atoms with Crippen LogP contribution in [0.1, 0.15) is 21.7 Å². The summed E-state index contributed by atoms with van der Waals surface area (Å²) in [7, 11) is 0. The van der Waals surface area contributed by atoms with Crippen LogP contribution in [-0.4, -0.2) is 12.0 Å². The van der Waals surface area contributed by atoms with E-state index in [1.807, 2.05) is 31.2 Å². The van der Waals surface area contributed by atoms with Crippen LogP contribution in [0.25, 0.3) is 11.0 Å². The molecule has 0 bridgehead atoms. The van der Waals surface area contributed by atoms with Gasteiger partial charge in [0, 0.05) is 16.6 Å². The third-order valence-electron chi connectivity index (χ3n) is 3.66. The standard InChI is InChI=1S/C18H16N2O4/c1-11-14-4-2-3-5-15(14)24-16(11)10-23-17(21)12-6-8-13(9-7-12)20-18(19)22/h2-9H,10H2,1H3,(H3,19,20,22). The number of carbonyl (C=O) groups is 2. The maximum absolute atomic E-state index is 12.1.